The van der Waals surface area contributed by atoms with Crippen molar-refractivity contribution in [2.75, 3.05) is 0 Å². The Morgan fingerprint density at radius 1 is 1.36 bits per heavy atom. The van der Waals surface area contributed by atoms with Gasteiger partial charge in [-0.1, -0.05) is 24.3 Å². The van der Waals surface area contributed by atoms with Crippen LogP contribution in [0.3, 0.4) is 0 Å². The van der Waals surface area contributed by atoms with Crippen molar-refractivity contribution in [3.8, 4) is 11.3 Å². The van der Waals surface area contributed by atoms with Gasteiger partial charge in [0.05, 0.1) is 18.6 Å². The summed E-state index contributed by atoms with van der Waals surface area (Å²) in [4.78, 5) is 7.25. The number of aryl methyl sites for hydroxylation is 1. The van der Waals surface area contributed by atoms with Gasteiger partial charge in [0.15, 0.2) is 0 Å². The van der Waals surface area contributed by atoms with Crippen LogP contribution in [0.1, 0.15) is 11.3 Å². The maximum Gasteiger partial charge on any atom is 0.0929 e. The lowest BCUT2D eigenvalue weighted by Gasteiger charge is -2.04. The van der Waals surface area contributed by atoms with Gasteiger partial charge in [0.25, 0.3) is 0 Å². The van der Waals surface area contributed by atoms with Crippen LogP contribution in [0.15, 0.2) is 30.6 Å². The van der Waals surface area contributed by atoms with Crippen LogP contribution in [0.25, 0.3) is 11.3 Å². The molecule has 2 aromatic rings. The van der Waals surface area contributed by atoms with Gasteiger partial charge < -0.3 is 10.1 Å². The molecule has 0 aliphatic rings. The molecule has 0 bridgehead atoms. The molecular formula is C11H12N2O. The van der Waals surface area contributed by atoms with E-state index in [0.717, 1.165) is 22.5 Å². The van der Waals surface area contributed by atoms with Gasteiger partial charge in [-0.15, -0.1) is 0 Å². The predicted molar refractivity (Wildman–Crippen MR) is 54.7 cm³/mol. The number of rotatable bonds is 2. The molecule has 1 heterocycles. The highest BCUT2D eigenvalue weighted by Gasteiger charge is 2.07. The Labute approximate surface area is 82.4 Å². The van der Waals surface area contributed by atoms with Gasteiger partial charge in [-0.25, -0.2) is 4.98 Å². The summed E-state index contributed by atoms with van der Waals surface area (Å²) in [5.74, 6) is 0. The van der Waals surface area contributed by atoms with E-state index in [-0.39, 0.29) is 6.61 Å². The van der Waals surface area contributed by atoms with Crippen LogP contribution >= 0.6 is 0 Å². The van der Waals surface area contributed by atoms with Gasteiger partial charge in [0, 0.05) is 11.3 Å². The lowest BCUT2D eigenvalue weighted by atomic mass is 10.0. The molecule has 0 aliphatic carbocycles. The Bertz CT molecular complexity index is 434. The molecule has 0 unspecified atom stereocenters. The molecule has 0 aliphatic heterocycles. The van der Waals surface area contributed by atoms with Gasteiger partial charge in [-0.2, -0.15) is 0 Å². The van der Waals surface area contributed by atoms with Crippen molar-refractivity contribution >= 4 is 0 Å². The summed E-state index contributed by atoms with van der Waals surface area (Å²) < 4.78 is 0. The van der Waals surface area contributed by atoms with Crippen LogP contribution in [0, 0.1) is 6.92 Å². The number of nitrogens with one attached hydrogen (secondary N) is 1. The molecule has 0 spiro atoms. The summed E-state index contributed by atoms with van der Waals surface area (Å²) in [5.41, 5.74) is 3.83. The fourth-order valence-electron chi connectivity index (χ4n) is 1.52. The van der Waals surface area contributed by atoms with Crippen LogP contribution in [-0.2, 0) is 6.61 Å². The van der Waals surface area contributed by atoms with E-state index < -0.39 is 0 Å². The molecule has 0 saturated carbocycles. The average molecular weight is 188 g/mol. The minimum atomic E-state index is 0.0441. The van der Waals surface area contributed by atoms with E-state index in [2.05, 4.69) is 9.97 Å². The van der Waals surface area contributed by atoms with Crippen LogP contribution in [-0.4, -0.2) is 15.1 Å². The molecule has 1 aromatic carbocycles. The van der Waals surface area contributed by atoms with Gasteiger partial charge in [0.1, 0.15) is 0 Å². The Hall–Kier alpha value is -1.61. The summed E-state index contributed by atoms with van der Waals surface area (Å²) in [6.45, 7) is 2.01. The van der Waals surface area contributed by atoms with Gasteiger partial charge in [0.2, 0.25) is 0 Å². The molecule has 0 atom stereocenters. The van der Waals surface area contributed by atoms with Crippen LogP contribution in [0.5, 0.6) is 0 Å². The third kappa shape index (κ3) is 1.42. The third-order valence-electron chi connectivity index (χ3n) is 2.27. The fraction of sp³-hybridized carbons (Fsp3) is 0.182. The molecule has 2 N–H and O–H groups in total. The smallest absolute Gasteiger partial charge is 0.0929 e. The summed E-state index contributed by atoms with van der Waals surface area (Å²) in [6, 6.07) is 7.73. The van der Waals surface area contributed by atoms with Crippen LogP contribution < -0.4 is 0 Å². The second-order valence-electron chi connectivity index (χ2n) is 3.19. The zero-order valence-electron chi connectivity index (χ0n) is 7.99. The highest BCUT2D eigenvalue weighted by Crippen LogP contribution is 2.23. The average Bonchev–Trinajstić information content (AvgIpc) is 2.64. The Morgan fingerprint density at radius 2 is 2.14 bits per heavy atom. The lowest BCUT2D eigenvalue weighted by Crippen LogP contribution is -1.90. The normalized spacial score (nSPS) is 10.4. The first-order chi connectivity index (χ1) is 6.83. The molecular weight excluding hydrogens is 176 g/mol. The molecule has 0 radical (unpaired) electrons. The van der Waals surface area contributed by atoms with E-state index >= 15 is 0 Å². The Kier molecular flexibility index (Phi) is 2.33. The van der Waals surface area contributed by atoms with Crippen molar-refractivity contribution < 1.29 is 5.11 Å². The zero-order valence-corrected chi connectivity index (χ0v) is 7.99. The second-order valence-corrected chi connectivity index (χ2v) is 3.19. The van der Waals surface area contributed by atoms with E-state index in [9.17, 15) is 5.11 Å². The minimum absolute atomic E-state index is 0.0441. The van der Waals surface area contributed by atoms with Crippen molar-refractivity contribution in [3.63, 3.8) is 0 Å². The number of aliphatic hydroxyl groups is 1. The quantitative estimate of drug-likeness (QED) is 0.756. The first kappa shape index (κ1) is 8.97. The highest BCUT2D eigenvalue weighted by atomic mass is 16.3. The van der Waals surface area contributed by atoms with Gasteiger partial charge in [-0.3, -0.25) is 0 Å². The summed E-state index contributed by atoms with van der Waals surface area (Å²) in [5, 5.41) is 9.17. The topological polar surface area (TPSA) is 48.9 Å². The van der Waals surface area contributed by atoms with Crippen LogP contribution in [0.2, 0.25) is 0 Å². The number of aromatic amines is 1. The summed E-state index contributed by atoms with van der Waals surface area (Å²) in [6.07, 6.45) is 1.67. The number of imidazole rings is 1. The molecule has 14 heavy (non-hydrogen) atoms. The predicted octanol–water partition coefficient (Wildman–Crippen LogP) is 1.88. The molecule has 3 heteroatoms. The largest absolute Gasteiger partial charge is 0.392 e. The van der Waals surface area contributed by atoms with Crippen LogP contribution in [0.4, 0.5) is 0 Å². The molecule has 3 nitrogen and oxygen atoms in total. The Balaban J connectivity index is 2.56. The summed E-state index contributed by atoms with van der Waals surface area (Å²) >= 11 is 0. The zero-order chi connectivity index (χ0) is 9.97. The Morgan fingerprint density at radius 3 is 2.79 bits per heavy atom. The van der Waals surface area contributed by atoms with Crippen molar-refractivity contribution in [1.82, 2.24) is 9.97 Å². The molecule has 2 rings (SSSR count). The molecule has 72 valence electrons. The standard InChI is InChI=1S/C11H12N2O/c1-8-11(13-7-12-8)10-5-3-2-4-9(10)6-14/h2-5,7,14H,6H2,1H3,(H,12,13). The fourth-order valence-corrected chi connectivity index (χ4v) is 1.52. The number of H-pyrrole nitrogens is 1. The number of hydrogen-bond acceptors (Lipinski definition) is 2. The number of benzene rings is 1. The molecule has 0 amide bonds. The second kappa shape index (κ2) is 3.64. The highest BCUT2D eigenvalue weighted by molar-refractivity contribution is 5.65. The van der Waals surface area contributed by atoms with E-state index in [1.165, 1.54) is 0 Å². The van der Waals surface area contributed by atoms with Gasteiger partial charge >= 0.3 is 0 Å². The first-order valence-corrected chi connectivity index (χ1v) is 4.52. The molecule has 0 saturated heterocycles. The number of hydrogen-bond donors (Lipinski definition) is 2. The number of aromatic nitrogens is 2. The SMILES string of the molecule is Cc1[nH]cnc1-c1ccccc1CO. The maximum absolute atomic E-state index is 9.17. The molecule has 1 aromatic heterocycles. The minimum Gasteiger partial charge on any atom is -0.392 e. The lowest BCUT2D eigenvalue weighted by molar-refractivity contribution is 0.282. The van der Waals surface area contributed by atoms with Crippen molar-refractivity contribution in [2.45, 2.75) is 13.5 Å². The maximum atomic E-state index is 9.17. The number of nitrogens with zero attached hydrogens (tertiary/aromatic N) is 1. The van der Waals surface area contributed by atoms with Crippen molar-refractivity contribution in [2.24, 2.45) is 0 Å². The monoisotopic (exact) mass is 188 g/mol. The van der Waals surface area contributed by atoms with Crippen molar-refractivity contribution in [3.05, 3.63) is 41.9 Å². The van der Waals surface area contributed by atoms with E-state index in [1.807, 2.05) is 31.2 Å². The van der Waals surface area contributed by atoms with Gasteiger partial charge in [-0.05, 0) is 12.5 Å². The van der Waals surface area contributed by atoms with E-state index in [1.54, 1.807) is 6.33 Å². The first-order valence-electron chi connectivity index (χ1n) is 4.52. The molecule has 0 fully saturated rings. The van der Waals surface area contributed by atoms with E-state index in [4.69, 9.17) is 0 Å². The van der Waals surface area contributed by atoms with E-state index in [0.29, 0.717) is 0 Å². The third-order valence-corrected chi connectivity index (χ3v) is 2.27. The summed E-state index contributed by atoms with van der Waals surface area (Å²) in [7, 11) is 0. The number of aliphatic hydroxyl groups excluding tert-OH is 1. The van der Waals surface area contributed by atoms with Crippen molar-refractivity contribution in [1.29, 1.82) is 0 Å².